The molecule has 0 aromatic carbocycles. The molecule has 4 unspecified atom stereocenters. The van der Waals surface area contributed by atoms with E-state index in [2.05, 4.69) is 13.8 Å². The minimum absolute atomic E-state index is 0.367. The van der Waals surface area contributed by atoms with Gasteiger partial charge >= 0.3 is 0 Å². The van der Waals surface area contributed by atoms with Crippen LogP contribution in [0, 0.1) is 11.8 Å². The summed E-state index contributed by atoms with van der Waals surface area (Å²) < 4.78 is 12.3. The van der Waals surface area contributed by atoms with Gasteiger partial charge in [-0.3, -0.25) is 0 Å². The number of ether oxygens (including phenoxy) is 2. The molecule has 1 aliphatic carbocycles. The van der Waals surface area contributed by atoms with Gasteiger partial charge in [-0.2, -0.15) is 0 Å². The second-order valence-electron chi connectivity index (χ2n) is 6.79. The summed E-state index contributed by atoms with van der Waals surface area (Å²) in [4.78, 5) is 0. The van der Waals surface area contributed by atoms with Crippen molar-refractivity contribution in [2.45, 2.75) is 90.3 Å². The molecule has 1 aliphatic heterocycles. The molecule has 0 bridgehead atoms. The van der Waals surface area contributed by atoms with Gasteiger partial charge in [0.2, 0.25) is 0 Å². The van der Waals surface area contributed by atoms with Crippen LogP contribution in [0.2, 0.25) is 0 Å². The lowest BCUT2D eigenvalue weighted by atomic mass is 9.75. The summed E-state index contributed by atoms with van der Waals surface area (Å²) in [5, 5.41) is 0. The fourth-order valence-electron chi connectivity index (χ4n) is 4.00. The first kappa shape index (κ1) is 16.3. The van der Waals surface area contributed by atoms with E-state index in [0.717, 1.165) is 25.0 Å². The third-order valence-corrected chi connectivity index (χ3v) is 5.34. The van der Waals surface area contributed by atoms with Gasteiger partial charge in [-0.1, -0.05) is 65.2 Å². The van der Waals surface area contributed by atoms with Crippen LogP contribution in [0.25, 0.3) is 0 Å². The zero-order valence-corrected chi connectivity index (χ0v) is 13.6. The van der Waals surface area contributed by atoms with Crippen LogP contribution in [0.1, 0.15) is 78.1 Å². The Morgan fingerprint density at radius 2 is 1.75 bits per heavy atom. The van der Waals surface area contributed by atoms with Crippen molar-refractivity contribution in [3.05, 3.63) is 0 Å². The van der Waals surface area contributed by atoms with Crippen LogP contribution in [0.15, 0.2) is 0 Å². The van der Waals surface area contributed by atoms with E-state index in [-0.39, 0.29) is 0 Å². The molecule has 4 atom stereocenters. The Hall–Kier alpha value is -0.0800. The minimum Gasteiger partial charge on any atom is -0.373 e. The molecule has 0 aromatic heterocycles. The summed E-state index contributed by atoms with van der Waals surface area (Å²) in [5.74, 6) is 1.63. The normalized spacial score (nSPS) is 35.1. The Kier molecular flexibility index (Phi) is 7.37. The van der Waals surface area contributed by atoms with Gasteiger partial charge in [-0.25, -0.2) is 0 Å². The maximum atomic E-state index is 6.19. The standard InChI is InChI=1S/C18H34O2/c1-3-5-6-7-11-16-13-20-18(14-19-16)17-12-9-8-10-15(17)4-2/h15-18H,3-14H2,1-2H3. The van der Waals surface area contributed by atoms with Crippen LogP contribution in [-0.2, 0) is 9.47 Å². The van der Waals surface area contributed by atoms with Gasteiger partial charge < -0.3 is 9.47 Å². The maximum absolute atomic E-state index is 6.19. The van der Waals surface area contributed by atoms with Crippen molar-refractivity contribution in [1.29, 1.82) is 0 Å². The first-order valence-electron chi connectivity index (χ1n) is 9.08. The summed E-state index contributed by atoms with van der Waals surface area (Å²) in [6.07, 6.45) is 14.1. The second-order valence-corrected chi connectivity index (χ2v) is 6.79. The van der Waals surface area contributed by atoms with E-state index in [1.165, 1.54) is 64.2 Å². The molecule has 2 fully saturated rings. The summed E-state index contributed by atoms with van der Waals surface area (Å²) in [6.45, 7) is 6.28. The molecule has 2 rings (SSSR count). The van der Waals surface area contributed by atoms with Crippen LogP contribution >= 0.6 is 0 Å². The van der Waals surface area contributed by atoms with E-state index < -0.39 is 0 Å². The Bertz CT molecular complexity index is 246. The number of rotatable bonds is 7. The van der Waals surface area contributed by atoms with Crippen molar-refractivity contribution in [1.82, 2.24) is 0 Å². The average Bonchev–Trinajstić information content (AvgIpc) is 2.52. The summed E-state index contributed by atoms with van der Waals surface area (Å²) >= 11 is 0. The number of unbranched alkanes of at least 4 members (excludes halogenated alkanes) is 3. The smallest absolute Gasteiger partial charge is 0.0840 e. The van der Waals surface area contributed by atoms with Gasteiger partial charge in [0.05, 0.1) is 25.4 Å². The quantitative estimate of drug-likeness (QED) is 0.615. The van der Waals surface area contributed by atoms with E-state index in [1.807, 2.05) is 0 Å². The van der Waals surface area contributed by atoms with Gasteiger partial charge in [0, 0.05) is 0 Å². The molecule has 2 aliphatic rings. The van der Waals surface area contributed by atoms with Gasteiger partial charge in [0.1, 0.15) is 0 Å². The third kappa shape index (κ3) is 4.73. The van der Waals surface area contributed by atoms with Crippen molar-refractivity contribution >= 4 is 0 Å². The number of hydrogen-bond donors (Lipinski definition) is 0. The van der Waals surface area contributed by atoms with Gasteiger partial charge in [0.25, 0.3) is 0 Å². The van der Waals surface area contributed by atoms with E-state index in [1.54, 1.807) is 0 Å². The zero-order valence-electron chi connectivity index (χ0n) is 13.6. The van der Waals surface area contributed by atoms with Crippen LogP contribution in [-0.4, -0.2) is 25.4 Å². The fourth-order valence-corrected chi connectivity index (χ4v) is 4.00. The summed E-state index contributed by atoms with van der Waals surface area (Å²) in [5.41, 5.74) is 0. The maximum Gasteiger partial charge on any atom is 0.0840 e. The molecular weight excluding hydrogens is 248 g/mol. The first-order valence-corrected chi connectivity index (χ1v) is 9.08. The molecule has 0 amide bonds. The lowest BCUT2D eigenvalue weighted by Gasteiger charge is -2.40. The SMILES string of the molecule is CCCCCCC1COC(C2CCCCC2CC)CO1. The van der Waals surface area contributed by atoms with Crippen molar-refractivity contribution in [2.24, 2.45) is 11.8 Å². The zero-order chi connectivity index (χ0) is 14.2. The molecule has 0 N–H and O–H groups in total. The molecule has 0 aromatic rings. The van der Waals surface area contributed by atoms with Gasteiger partial charge in [0.15, 0.2) is 0 Å². The monoisotopic (exact) mass is 282 g/mol. The molecule has 1 saturated heterocycles. The highest BCUT2D eigenvalue weighted by Crippen LogP contribution is 2.36. The Labute approximate surface area is 125 Å². The predicted octanol–water partition coefficient (Wildman–Crippen LogP) is 4.96. The Balaban J connectivity index is 1.67. The van der Waals surface area contributed by atoms with E-state index in [4.69, 9.17) is 9.47 Å². The molecule has 118 valence electrons. The largest absolute Gasteiger partial charge is 0.373 e. The van der Waals surface area contributed by atoms with E-state index in [0.29, 0.717) is 12.2 Å². The molecule has 2 heteroatoms. The Morgan fingerprint density at radius 1 is 0.900 bits per heavy atom. The highest BCUT2D eigenvalue weighted by Gasteiger charge is 2.34. The predicted molar refractivity (Wildman–Crippen MR) is 84.0 cm³/mol. The van der Waals surface area contributed by atoms with E-state index >= 15 is 0 Å². The molecule has 1 saturated carbocycles. The summed E-state index contributed by atoms with van der Waals surface area (Å²) in [6, 6.07) is 0. The first-order chi connectivity index (χ1) is 9.85. The van der Waals surface area contributed by atoms with E-state index in [9.17, 15) is 0 Å². The van der Waals surface area contributed by atoms with Crippen LogP contribution in [0.5, 0.6) is 0 Å². The molecule has 0 radical (unpaired) electrons. The minimum atomic E-state index is 0.367. The van der Waals surface area contributed by atoms with Crippen molar-refractivity contribution in [2.75, 3.05) is 13.2 Å². The highest BCUT2D eigenvalue weighted by molar-refractivity contribution is 4.83. The van der Waals surface area contributed by atoms with Crippen molar-refractivity contribution in [3.63, 3.8) is 0 Å². The average molecular weight is 282 g/mol. The molecule has 0 spiro atoms. The van der Waals surface area contributed by atoms with Gasteiger partial charge in [-0.05, 0) is 24.7 Å². The molecular formula is C18H34O2. The molecule has 20 heavy (non-hydrogen) atoms. The van der Waals surface area contributed by atoms with Crippen LogP contribution in [0.4, 0.5) is 0 Å². The molecule has 2 nitrogen and oxygen atoms in total. The summed E-state index contributed by atoms with van der Waals surface area (Å²) in [7, 11) is 0. The van der Waals surface area contributed by atoms with Gasteiger partial charge in [-0.15, -0.1) is 0 Å². The number of hydrogen-bond acceptors (Lipinski definition) is 2. The van der Waals surface area contributed by atoms with Crippen LogP contribution in [0.3, 0.4) is 0 Å². The topological polar surface area (TPSA) is 18.5 Å². The van der Waals surface area contributed by atoms with Crippen molar-refractivity contribution in [3.8, 4) is 0 Å². The van der Waals surface area contributed by atoms with Crippen LogP contribution < -0.4 is 0 Å². The van der Waals surface area contributed by atoms with Crippen molar-refractivity contribution < 1.29 is 9.47 Å². The third-order valence-electron chi connectivity index (χ3n) is 5.34. The second kappa shape index (κ2) is 9.04. The highest BCUT2D eigenvalue weighted by atomic mass is 16.6. The molecule has 1 heterocycles. The fraction of sp³-hybridized carbons (Fsp3) is 1.00. The lowest BCUT2D eigenvalue weighted by molar-refractivity contribution is -0.163. The Morgan fingerprint density at radius 3 is 2.45 bits per heavy atom. The lowest BCUT2D eigenvalue weighted by Crippen LogP contribution is -2.43.